The van der Waals surface area contributed by atoms with E-state index in [2.05, 4.69) is 26.1 Å². The van der Waals surface area contributed by atoms with E-state index in [0.717, 1.165) is 23.2 Å². The van der Waals surface area contributed by atoms with Crippen LogP contribution in [0.1, 0.15) is 24.2 Å². The average molecular weight is 499 g/mol. The van der Waals surface area contributed by atoms with Crippen molar-refractivity contribution in [3.63, 3.8) is 0 Å². The van der Waals surface area contributed by atoms with Crippen molar-refractivity contribution in [3.05, 3.63) is 56.5 Å². The van der Waals surface area contributed by atoms with Crippen LogP contribution in [-0.4, -0.2) is 42.9 Å². The largest absolute Gasteiger partial charge is 0.367 e. The molecule has 1 heterocycles. The van der Waals surface area contributed by atoms with E-state index in [1.54, 1.807) is 24.3 Å². The number of amides is 2. The zero-order chi connectivity index (χ0) is 21.1. The van der Waals surface area contributed by atoms with E-state index in [0.29, 0.717) is 34.4 Å². The lowest BCUT2D eigenvalue weighted by molar-refractivity contribution is -0.134. The Balaban J connectivity index is 1.67. The number of hydrogen-bond donors (Lipinski definition) is 1. The maximum atomic E-state index is 12.5. The van der Waals surface area contributed by atoms with Crippen LogP contribution < -0.4 is 10.2 Å². The molecule has 0 saturated carbocycles. The van der Waals surface area contributed by atoms with Crippen LogP contribution in [0.4, 0.5) is 11.4 Å². The summed E-state index contributed by atoms with van der Waals surface area (Å²) in [5.74, 6) is -0.118. The molecule has 2 aromatic rings. The first-order chi connectivity index (χ1) is 13.8. The summed E-state index contributed by atoms with van der Waals surface area (Å²) in [7, 11) is 0. The Morgan fingerprint density at radius 3 is 2.31 bits per heavy atom. The molecule has 0 aliphatic carbocycles. The van der Waals surface area contributed by atoms with Gasteiger partial charge < -0.3 is 15.1 Å². The van der Waals surface area contributed by atoms with Gasteiger partial charge in [0.15, 0.2) is 0 Å². The molecule has 1 saturated heterocycles. The van der Waals surface area contributed by atoms with Crippen LogP contribution in [0.15, 0.2) is 40.9 Å². The molecule has 5 nitrogen and oxygen atoms in total. The van der Waals surface area contributed by atoms with Gasteiger partial charge in [0, 0.05) is 42.3 Å². The maximum Gasteiger partial charge on any atom is 0.257 e. The molecule has 3 rings (SSSR count). The third kappa shape index (κ3) is 5.24. The Morgan fingerprint density at radius 2 is 1.69 bits per heavy atom. The van der Waals surface area contributed by atoms with Crippen LogP contribution in [-0.2, 0) is 4.79 Å². The zero-order valence-electron chi connectivity index (χ0n) is 16.2. The molecule has 29 heavy (non-hydrogen) atoms. The van der Waals surface area contributed by atoms with Gasteiger partial charge >= 0.3 is 0 Å². The highest BCUT2D eigenvalue weighted by Gasteiger charge is 2.24. The summed E-state index contributed by atoms with van der Waals surface area (Å²) in [5.41, 5.74) is 1.86. The Morgan fingerprint density at radius 1 is 1.00 bits per heavy atom. The zero-order valence-corrected chi connectivity index (χ0v) is 19.3. The molecule has 0 atom stereocenters. The van der Waals surface area contributed by atoms with E-state index in [1.165, 1.54) is 0 Å². The number of halogens is 3. The van der Waals surface area contributed by atoms with Gasteiger partial charge in [0.2, 0.25) is 5.91 Å². The standard InChI is InChI=1S/C21H22BrCl2N3O2/c1-13(2)21(29)27-9-7-26(8-10-27)19-6-4-15(12-18(19)24)25-20(28)16-11-14(22)3-5-17(16)23/h3-6,11-13H,7-10H2,1-2H3,(H,25,28). The van der Waals surface area contributed by atoms with E-state index in [-0.39, 0.29) is 17.7 Å². The molecular weight excluding hydrogens is 477 g/mol. The summed E-state index contributed by atoms with van der Waals surface area (Å²) in [6.45, 7) is 6.62. The molecule has 1 aliphatic rings. The lowest BCUT2D eigenvalue weighted by Gasteiger charge is -2.37. The Kier molecular flexibility index (Phi) is 7.09. The van der Waals surface area contributed by atoms with Gasteiger partial charge in [-0.3, -0.25) is 9.59 Å². The van der Waals surface area contributed by atoms with Crippen LogP contribution in [0, 0.1) is 5.92 Å². The van der Waals surface area contributed by atoms with Gasteiger partial charge in [0.25, 0.3) is 5.91 Å². The van der Waals surface area contributed by atoms with Crippen LogP contribution in [0.2, 0.25) is 10.0 Å². The molecule has 1 aliphatic heterocycles. The lowest BCUT2D eigenvalue weighted by atomic mass is 10.1. The van der Waals surface area contributed by atoms with Gasteiger partial charge in [0.1, 0.15) is 0 Å². The first kappa shape index (κ1) is 21.9. The quantitative estimate of drug-likeness (QED) is 0.621. The van der Waals surface area contributed by atoms with E-state index in [1.807, 2.05) is 30.9 Å². The fourth-order valence-electron chi connectivity index (χ4n) is 3.24. The molecule has 8 heteroatoms. The molecule has 2 aromatic carbocycles. The second-order valence-corrected chi connectivity index (χ2v) is 8.94. The summed E-state index contributed by atoms with van der Waals surface area (Å²) >= 11 is 16.0. The number of carbonyl (C=O) groups excluding carboxylic acids is 2. The number of carbonyl (C=O) groups is 2. The van der Waals surface area contributed by atoms with Gasteiger partial charge in [-0.25, -0.2) is 0 Å². The van der Waals surface area contributed by atoms with Gasteiger partial charge in [0.05, 0.1) is 21.3 Å². The fraction of sp³-hybridized carbons (Fsp3) is 0.333. The maximum absolute atomic E-state index is 12.5. The Labute approximate surface area is 189 Å². The molecule has 0 spiro atoms. The minimum atomic E-state index is -0.305. The predicted octanol–water partition coefficient (Wildman–Crippen LogP) is 5.31. The summed E-state index contributed by atoms with van der Waals surface area (Å²) in [6, 6.07) is 10.6. The van der Waals surface area contributed by atoms with Crippen molar-refractivity contribution in [2.45, 2.75) is 13.8 Å². The fourth-order valence-corrected chi connectivity index (χ4v) is 4.11. The smallest absolute Gasteiger partial charge is 0.257 e. The lowest BCUT2D eigenvalue weighted by Crippen LogP contribution is -2.50. The second kappa shape index (κ2) is 9.37. The monoisotopic (exact) mass is 497 g/mol. The first-order valence-corrected chi connectivity index (χ1v) is 10.9. The third-order valence-electron chi connectivity index (χ3n) is 4.80. The highest BCUT2D eigenvalue weighted by Crippen LogP contribution is 2.30. The normalized spacial score (nSPS) is 14.3. The van der Waals surface area contributed by atoms with Gasteiger partial charge in [-0.05, 0) is 36.4 Å². The van der Waals surface area contributed by atoms with Crippen molar-refractivity contribution in [1.82, 2.24) is 4.90 Å². The molecule has 2 amide bonds. The van der Waals surface area contributed by atoms with Gasteiger partial charge in [-0.1, -0.05) is 53.0 Å². The van der Waals surface area contributed by atoms with Gasteiger partial charge in [-0.15, -0.1) is 0 Å². The number of nitrogens with one attached hydrogen (secondary N) is 1. The van der Waals surface area contributed by atoms with Crippen LogP contribution in [0.5, 0.6) is 0 Å². The Bertz CT molecular complexity index is 928. The van der Waals surface area contributed by atoms with E-state index in [9.17, 15) is 9.59 Å². The van der Waals surface area contributed by atoms with E-state index >= 15 is 0 Å². The second-order valence-electron chi connectivity index (χ2n) is 7.21. The van der Waals surface area contributed by atoms with Crippen molar-refractivity contribution in [2.75, 3.05) is 36.4 Å². The molecule has 1 fully saturated rings. The van der Waals surface area contributed by atoms with Crippen molar-refractivity contribution in [3.8, 4) is 0 Å². The summed E-state index contributed by atoms with van der Waals surface area (Å²) in [6.07, 6.45) is 0. The molecule has 1 N–H and O–H groups in total. The summed E-state index contributed by atoms with van der Waals surface area (Å²) in [4.78, 5) is 28.7. The SMILES string of the molecule is CC(C)C(=O)N1CCN(c2ccc(NC(=O)c3cc(Br)ccc3Cl)cc2Cl)CC1. The number of hydrogen-bond acceptors (Lipinski definition) is 3. The number of rotatable bonds is 4. The molecule has 0 aromatic heterocycles. The molecule has 0 unspecified atom stereocenters. The average Bonchev–Trinajstić information content (AvgIpc) is 2.69. The number of nitrogens with zero attached hydrogens (tertiary/aromatic N) is 2. The van der Waals surface area contributed by atoms with E-state index in [4.69, 9.17) is 23.2 Å². The Hall–Kier alpha value is -1.76. The van der Waals surface area contributed by atoms with Crippen LogP contribution in [0.3, 0.4) is 0 Å². The van der Waals surface area contributed by atoms with Crippen LogP contribution >= 0.6 is 39.1 Å². The molecular formula is C21H22BrCl2N3O2. The first-order valence-electron chi connectivity index (χ1n) is 9.36. The van der Waals surface area contributed by atoms with Crippen molar-refractivity contribution >= 4 is 62.3 Å². The molecule has 0 radical (unpaired) electrons. The van der Waals surface area contributed by atoms with Crippen molar-refractivity contribution in [2.24, 2.45) is 5.92 Å². The minimum absolute atomic E-state index is 0.00627. The molecule has 154 valence electrons. The number of piperazine rings is 1. The minimum Gasteiger partial charge on any atom is -0.367 e. The third-order valence-corrected chi connectivity index (χ3v) is 5.93. The number of benzene rings is 2. The van der Waals surface area contributed by atoms with Crippen LogP contribution in [0.25, 0.3) is 0 Å². The van der Waals surface area contributed by atoms with E-state index < -0.39 is 0 Å². The highest BCUT2D eigenvalue weighted by molar-refractivity contribution is 9.10. The van der Waals surface area contributed by atoms with Crippen molar-refractivity contribution in [1.29, 1.82) is 0 Å². The summed E-state index contributed by atoms with van der Waals surface area (Å²) in [5, 5.41) is 3.76. The highest BCUT2D eigenvalue weighted by atomic mass is 79.9. The summed E-state index contributed by atoms with van der Waals surface area (Å²) < 4.78 is 0.774. The predicted molar refractivity (Wildman–Crippen MR) is 122 cm³/mol. The van der Waals surface area contributed by atoms with Gasteiger partial charge in [-0.2, -0.15) is 0 Å². The molecule has 0 bridgehead atoms. The van der Waals surface area contributed by atoms with Crippen molar-refractivity contribution < 1.29 is 9.59 Å². The number of anilines is 2. The topological polar surface area (TPSA) is 52.7 Å².